The summed E-state index contributed by atoms with van der Waals surface area (Å²) in [6, 6.07) is 7.73. The average Bonchev–Trinajstić information content (AvgIpc) is 2.48. The lowest BCUT2D eigenvalue weighted by molar-refractivity contribution is -0.119. The van der Waals surface area contributed by atoms with Crippen LogP contribution in [0.5, 0.6) is 0 Å². The molecule has 5 heteroatoms. The Morgan fingerprint density at radius 2 is 1.90 bits per heavy atom. The lowest BCUT2D eigenvalue weighted by atomic mass is 10.0. The van der Waals surface area contributed by atoms with E-state index in [-0.39, 0.29) is 12.5 Å². The molecule has 1 heterocycles. The molecule has 0 spiro atoms. The minimum absolute atomic E-state index is 0.0732. The first kappa shape index (κ1) is 14.8. The van der Waals surface area contributed by atoms with Gasteiger partial charge in [0, 0.05) is 38.2 Å². The number of rotatable bonds is 6. The van der Waals surface area contributed by atoms with Crippen LogP contribution in [0.4, 0.5) is 11.4 Å². The molecule has 0 aromatic heterocycles. The summed E-state index contributed by atoms with van der Waals surface area (Å²) < 4.78 is 10.1. The highest BCUT2D eigenvalue weighted by molar-refractivity contribution is 5.91. The maximum Gasteiger partial charge on any atom is 0.250 e. The summed E-state index contributed by atoms with van der Waals surface area (Å²) in [5, 5.41) is 6.19. The number of hydrogen-bond acceptors (Lipinski definition) is 4. The Morgan fingerprint density at radius 3 is 2.55 bits per heavy atom. The third-order valence-corrected chi connectivity index (χ3v) is 3.38. The first-order valence-electron chi connectivity index (χ1n) is 6.98. The lowest BCUT2D eigenvalue weighted by Gasteiger charge is -2.22. The number of benzene rings is 1. The van der Waals surface area contributed by atoms with Crippen LogP contribution in [0.25, 0.3) is 0 Å². The highest BCUT2D eigenvalue weighted by Crippen LogP contribution is 2.17. The average molecular weight is 278 g/mol. The van der Waals surface area contributed by atoms with Gasteiger partial charge in [-0.2, -0.15) is 0 Å². The Bertz CT molecular complexity index is 414. The van der Waals surface area contributed by atoms with E-state index in [1.54, 1.807) is 0 Å². The standard InChI is InChI=1S/C15H22N2O3/c1-19-11-15(18)17-14-4-2-13(3-5-14)16-10-12-6-8-20-9-7-12/h2-5,12,16H,6-11H2,1H3,(H,17,18). The molecule has 5 nitrogen and oxygen atoms in total. The molecule has 2 rings (SSSR count). The topological polar surface area (TPSA) is 59.6 Å². The van der Waals surface area contributed by atoms with Crippen molar-refractivity contribution in [1.82, 2.24) is 0 Å². The minimum atomic E-state index is -0.143. The van der Waals surface area contributed by atoms with Crippen molar-refractivity contribution in [2.45, 2.75) is 12.8 Å². The van der Waals surface area contributed by atoms with Crippen molar-refractivity contribution in [3.8, 4) is 0 Å². The van der Waals surface area contributed by atoms with E-state index in [0.29, 0.717) is 5.92 Å². The van der Waals surface area contributed by atoms with Gasteiger partial charge in [0.2, 0.25) is 5.91 Å². The van der Waals surface area contributed by atoms with Gasteiger partial charge in [0.1, 0.15) is 6.61 Å². The van der Waals surface area contributed by atoms with Crippen molar-refractivity contribution >= 4 is 17.3 Å². The van der Waals surface area contributed by atoms with E-state index in [4.69, 9.17) is 9.47 Å². The van der Waals surface area contributed by atoms with Crippen molar-refractivity contribution < 1.29 is 14.3 Å². The molecule has 1 aliphatic heterocycles. The van der Waals surface area contributed by atoms with E-state index < -0.39 is 0 Å². The van der Waals surface area contributed by atoms with Gasteiger partial charge < -0.3 is 20.1 Å². The van der Waals surface area contributed by atoms with Gasteiger partial charge in [0.05, 0.1) is 0 Å². The predicted molar refractivity (Wildman–Crippen MR) is 79.0 cm³/mol. The molecular weight excluding hydrogens is 256 g/mol. The van der Waals surface area contributed by atoms with Crippen molar-refractivity contribution in [3.05, 3.63) is 24.3 Å². The minimum Gasteiger partial charge on any atom is -0.385 e. The molecule has 1 aromatic carbocycles. The van der Waals surface area contributed by atoms with Gasteiger partial charge in [-0.05, 0) is 43.0 Å². The fourth-order valence-electron chi connectivity index (χ4n) is 2.21. The van der Waals surface area contributed by atoms with Gasteiger partial charge in [0.25, 0.3) is 0 Å². The zero-order valence-corrected chi connectivity index (χ0v) is 11.9. The van der Waals surface area contributed by atoms with E-state index in [1.807, 2.05) is 24.3 Å². The number of hydrogen-bond donors (Lipinski definition) is 2. The first-order valence-corrected chi connectivity index (χ1v) is 6.98. The highest BCUT2D eigenvalue weighted by Gasteiger charge is 2.13. The highest BCUT2D eigenvalue weighted by atomic mass is 16.5. The number of carbonyl (C=O) groups excluding carboxylic acids is 1. The lowest BCUT2D eigenvalue weighted by Crippen LogP contribution is -2.22. The van der Waals surface area contributed by atoms with E-state index in [0.717, 1.165) is 44.0 Å². The fourth-order valence-corrected chi connectivity index (χ4v) is 2.21. The number of anilines is 2. The van der Waals surface area contributed by atoms with Crippen LogP contribution >= 0.6 is 0 Å². The van der Waals surface area contributed by atoms with Crippen LogP contribution in [0, 0.1) is 5.92 Å². The Labute approximate surface area is 119 Å². The Hall–Kier alpha value is -1.59. The van der Waals surface area contributed by atoms with Crippen LogP contribution < -0.4 is 10.6 Å². The van der Waals surface area contributed by atoms with Gasteiger partial charge in [-0.1, -0.05) is 0 Å². The SMILES string of the molecule is COCC(=O)Nc1ccc(NCC2CCOCC2)cc1. The zero-order valence-electron chi connectivity index (χ0n) is 11.9. The van der Waals surface area contributed by atoms with Crippen LogP contribution in [0.3, 0.4) is 0 Å². The summed E-state index contributed by atoms with van der Waals surface area (Å²) in [6.45, 7) is 2.79. The Kier molecular flexibility index (Phi) is 5.83. The largest absolute Gasteiger partial charge is 0.385 e. The molecule has 0 atom stereocenters. The molecule has 20 heavy (non-hydrogen) atoms. The maximum absolute atomic E-state index is 11.4. The summed E-state index contributed by atoms with van der Waals surface area (Å²) in [6.07, 6.45) is 2.25. The molecule has 0 saturated carbocycles. The second-order valence-corrected chi connectivity index (χ2v) is 5.00. The molecule has 1 aromatic rings. The van der Waals surface area contributed by atoms with E-state index >= 15 is 0 Å². The third kappa shape index (κ3) is 4.83. The molecule has 1 fully saturated rings. The maximum atomic E-state index is 11.4. The van der Waals surface area contributed by atoms with Crippen molar-refractivity contribution in [3.63, 3.8) is 0 Å². The molecule has 1 aliphatic rings. The van der Waals surface area contributed by atoms with E-state index in [9.17, 15) is 4.79 Å². The summed E-state index contributed by atoms with van der Waals surface area (Å²) in [5.41, 5.74) is 1.85. The quantitative estimate of drug-likeness (QED) is 0.836. The van der Waals surface area contributed by atoms with Crippen LogP contribution in [-0.2, 0) is 14.3 Å². The summed E-state index contributed by atoms with van der Waals surface area (Å²) >= 11 is 0. The van der Waals surface area contributed by atoms with Crippen molar-refractivity contribution in [2.75, 3.05) is 44.1 Å². The molecule has 110 valence electrons. The number of carbonyl (C=O) groups is 1. The molecule has 0 unspecified atom stereocenters. The van der Waals surface area contributed by atoms with Crippen LogP contribution in [0.2, 0.25) is 0 Å². The van der Waals surface area contributed by atoms with Gasteiger partial charge in [-0.25, -0.2) is 0 Å². The first-order chi connectivity index (χ1) is 9.78. The van der Waals surface area contributed by atoms with E-state index in [1.165, 1.54) is 7.11 Å². The smallest absolute Gasteiger partial charge is 0.250 e. The van der Waals surface area contributed by atoms with Gasteiger partial charge in [-0.3, -0.25) is 4.79 Å². The zero-order chi connectivity index (χ0) is 14.2. The summed E-state index contributed by atoms with van der Waals surface area (Å²) in [7, 11) is 1.50. The third-order valence-electron chi connectivity index (χ3n) is 3.38. The van der Waals surface area contributed by atoms with Gasteiger partial charge >= 0.3 is 0 Å². The van der Waals surface area contributed by atoms with Crippen LogP contribution in [0.15, 0.2) is 24.3 Å². The monoisotopic (exact) mass is 278 g/mol. The number of methoxy groups -OCH3 is 1. The van der Waals surface area contributed by atoms with Crippen LogP contribution in [0.1, 0.15) is 12.8 Å². The molecule has 1 amide bonds. The normalized spacial score (nSPS) is 15.8. The molecular formula is C15H22N2O3. The Balaban J connectivity index is 1.77. The number of amides is 1. The molecule has 1 saturated heterocycles. The molecule has 0 aliphatic carbocycles. The molecule has 2 N–H and O–H groups in total. The van der Waals surface area contributed by atoms with Gasteiger partial charge in [0.15, 0.2) is 0 Å². The molecule has 0 radical (unpaired) electrons. The summed E-state index contributed by atoms with van der Waals surface area (Å²) in [5.74, 6) is 0.542. The molecule has 0 bridgehead atoms. The second-order valence-electron chi connectivity index (χ2n) is 5.00. The summed E-state index contributed by atoms with van der Waals surface area (Å²) in [4.78, 5) is 11.4. The van der Waals surface area contributed by atoms with Crippen molar-refractivity contribution in [1.29, 1.82) is 0 Å². The van der Waals surface area contributed by atoms with E-state index in [2.05, 4.69) is 10.6 Å². The van der Waals surface area contributed by atoms with Crippen molar-refractivity contribution in [2.24, 2.45) is 5.92 Å². The second kappa shape index (κ2) is 7.87. The predicted octanol–water partition coefficient (Wildman–Crippen LogP) is 2.11. The number of ether oxygens (including phenoxy) is 2. The Morgan fingerprint density at radius 1 is 1.25 bits per heavy atom. The van der Waals surface area contributed by atoms with Crippen LogP contribution in [-0.4, -0.2) is 39.4 Å². The fraction of sp³-hybridized carbons (Fsp3) is 0.533. The van der Waals surface area contributed by atoms with Gasteiger partial charge in [-0.15, -0.1) is 0 Å². The number of nitrogens with one attached hydrogen (secondary N) is 2.